The quantitative estimate of drug-likeness (QED) is 0.878. The first-order chi connectivity index (χ1) is 9.00. The van der Waals surface area contributed by atoms with Crippen molar-refractivity contribution in [1.29, 1.82) is 0 Å². The molecule has 3 atom stereocenters. The van der Waals surface area contributed by atoms with Gasteiger partial charge in [0.15, 0.2) is 0 Å². The Hall–Kier alpha value is -0.430. The van der Waals surface area contributed by atoms with E-state index in [4.69, 9.17) is 11.5 Å². The normalized spacial score (nSPS) is 24.1. The summed E-state index contributed by atoms with van der Waals surface area (Å²) >= 11 is 5.15. The average molecular weight is 346 g/mol. The van der Waals surface area contributed by atoms with Gasteiger partial charge in [-0.15, -0.1) is 11.3 Å². The Bertz CT molecular complexity index is 449. The molecule has 0 bridgehead atoms. The Morgan fingerprint density at radius 2 is 2.32 bits per heavy atom. The summed E-state index contributed by atoms with van der Waals surface area (Å²) in [5, 5.41) is 2.05. The van der Waals surface area contributed by atoms with E-state index in [-0.39, 0.29) is 24.0 Å². The number of rotatable bonds is 4. The number of primary amides is 1. The average Bonchev–Trinajstić information content (AvgIpc) is 2.76. The molecule has 2 rings (SSSR count). The molecule has 0 saturated carbocycles. The van der Waals surface area contributed by atoms with Gasteiger partial charge in [-0.2, -0.15) is 0 Å². The zero-order valence-electron chi connectivity index (χ0n) is 11.0. The van der Waals surface area contributed by atoms with E-state index in [2.05, 4.69) is 26.9 Å². The van der Waals surface area contributed by atoms with Crippen LogP contribution in [0.2, 0.25) is 0 Å². The van der Waals surface area contributed by atoms with Crippen LogP contribution in [0.1, 0.15) is 37.1 Å². The fourth-order valence-electron chi connectivity index (χ4n) is 2.80. The summed E-state index contributed by atoms with van der Waals surface area (Å²) in [6.07, 6.45) is 2.99. The van der Waals surface area contributed by atoms with Gasteiger partial charge in [-0.3, -0.25) is 9.69 Å². The van der Waals surface area contributed by atoms with E-state index in [1.165, 1.54) is 4.88 Å². The number of amides is 1. The highest BCUT2D eigenvalue weighted by Crippen LogP contribution is 2.35. The summed E-state index contributed by atoms with van der Waals surface area (Å²) in [7, 11) is 0. The lowest BCUT2D eigenvalue weighted by molar-refractivity contribution is -0.125. The van der Waals surface area contributed by atoms with Gasteiger partial charge in [-0.25, -0.2) is 0 Å². The zero-order chi connectivity index (χ0) is 14.0. The summed E-state index contributed by atoms with van der Waals surface area (Å²) < 4.78 is 1.06. The Morgan fingerprint density at radius 3 is 2.84 bits per heavy atom. The number of hydrogen-bond donors (Lipinski definition) is 2. The first kappa shape index (κ1) is 15.0. The van der Waals surface area contributed by atoms with Gasteiger partial charge in [-0.05, 0) is 48.3 Å². The van der Waals surface area contributed by atoms with Crippen LogP contribution in [0.15, 0.2) is 15.9 Å². The molecule has 1 aromatic rings. The first-order valence-corrected chi connectivity index (χ1v) is 8.22. The molecule has 106 valence electrons. The highest BCUT2D eigenvalue weighted by molar-refractivity contribution is 9.10. The summed E-state index contributed by atoms with van der Waals surface area (Å²) in [6.45, 7) is 2.88. The van der Waals surface area contributed by atoms with Crippen molar-refractivity contribution in [1.82, 2.24) is 4.90 Å². The lowest BCUT2D eigenvalue weighted by Crippen LogP contribution is -2.52. The molecule has 4 nitrogen and oxygen atoms in total. The molecule has 1 aromatic heterocycles. The third-order valence-electron chi connectivity index (χ3n) is 3.61. The van der Waals surface area contributed by atoms with Crippen LogP contribution in [0, 0.1) is 0 Å². The Labute approximate surface area is 126 Å². The van der Waals surface area contributed by atoms with Crippen molar-refractivity contribution in [2.45, 2.75) is 44.3 Å². The molecule has 1 aliphatic rings. The Balaban J connectivity index is 2.29. The molecule has 6 heteroatoms. The number of nitrogens with two attached hydrogens (primary N) is 2. The number of nitrogens with zero attached hydrogens (tertiary/aromatic N) is 1. The van der Waals surface area contributed by atoms with Gasteiger partial charge in [0.05, 0.1) is 12.1 Å². The van der Waals surface area contributed by atoms with Crippen molar-refractivity contribution >= 4 is 33.2 Å². The van der Waals surface area contributed by atoms with Crippen LogP contribution < -0.4 is 11.5 Å². The molecular weight excluding hydrogens is 326 g/mol. The maximum absolute atomic E-state index is 11.7. The number of carbonyl (C=O) groups is 1. The molecule has 1 fully saturated rings. The molecule has 3 unspecified atom stereocenters. The molecule has 4 N–H and O–H groups in total. The van der Waals surface area contributed by atoms with E-state index in [0.717, 1.165) is 30.3 Å². The second-order valence-corrected chi connectivity index (χ2v) is 6.98. The Kier molecular flexibility index (Phi) is 5.00. The molecule has 1 saturated heterocycles. The van der Waals surface area contributed by atoms with Crippen LogP contribution >= 0.6 is 27.3 Å². The van der Waals surface area contributed by atoms with E-state index in [1.807, 2.05) is 12.3 Å². The van der Waals surface area contributed by atoms with E-state index < -0.39 is 0 Å². The summed E-state index contributed by atoms with van der Waals surface area (Å²) in [4.78, 5) is 15.0. The lowest BCUT2D eigenvalue weighted by atomic mass is 9.96. The highest BCUT2D eigenvalue weighted by Gasteiger charge is 2.35. The number of likely N-dealkylation sites (tertiary alicyclic amines) is 1. The van der Waals surface area contributed by atoms with Gasteiger partial charge < -0.3 is 11.5 Å². The predicted octanol–water partition coefficient (Wildman–Crippen LogP) is 2.24. The van der Waals surface area contributed by atoms with Gasteiger partial charge in [-0.1, -0.05) is 6.42 Å². The summed E-state index contributed by atoms with van der Waals surface area (Å²) in [6, 6.07) is 1.93. The van der Waals surface area contributed by atoms with E-state index >= 15 is 0 Å². The van der Waals surface area contributed by atoms with Crippen molar-refractivity contribution in [2.75, 3.05) is 6.54 Å². The van der Waals surface area contributed by atoms with Crippen LogP contribution in [-0.2, 0) is 4.79 Å². The van der Waals surface area contributed by atoms with Crippen molar-refractivity contribution in [2.24, 2.45) is 11.5 Å². The number of carbonyl (C=O) groups excluding carboxylic acids is 1. The second kappa shape index (κ2) is 6.35. The van der Waals surface area contributed by atoms with Crippen LogP contribution in [0.5, 0.6) is 0 Å². The van der Waals surface area contributed by atoms with Crippen LogP contribution in [-0.4, -0.2) is 29.4 Å². The van der Waals surface area contributed by atoms with Crippen LogP contribution in [0.4, 0.5) is 0 Å². The maximum atomic E-state index is 11.7. The lowest BCUT2D eigenvalue weighted by Gasteiger charge is -2.41. The van der Waals surface area contributed by atoms with Gasteiger partial charge in [0.2, 0.25) is 5.91 Å². The molecule has 19 heavy (non-hydrogen) atoms. The van der Waals surface area contributed by atoms with Crippen molar-refractivity contribution in [3.05, 3.63) is 20.8 Å². The topological polar surface area (TPSA) is 72.3 Å². The number of piperidine rings is 1. The third kappa shape index (κ3) is 3.37. The minimum absolute atomic E-state index is 0.0366. The predicted molar refractivity (Wildman–Crippen MR) is 81.9 cm³/mol. The van der Waals surface area contributed by atoms with Gasteiger partial charge in [0, 0.05) is 20.8 Å². The summed E-state index contributed by atoms with van der Waals surface area (Å²) in [5.41, 5.74) is 11.7. The molecule has 0 radical (unpaired) electrons. The Morgan fingerprint density at radius 1 is 1.58 bits per heavy atom. The fraction of sp³-hybridized carbons (Fsp3) is 0.615. The molecule has 2 heterocycles. The molecule has 0 spiro atoms. The van der Waals surface area contributed by atoms with Crippen molar-refractivity contribution in [3.8, 4) is 0 Å². The molecule has 1 amide bonds. The van der Waals surface area contributed by atoms with E-state index in [9.17, 15) is 4.79 Å². The standard InChI is InChI=1S/C13H20BrN3OS/c1-8(15)12(11-6-9(14)7-19-11)17-5-3-2-4-10(17)13(16)18/h6-8,10,12H,2-5,15H2,1H3,(H2,16,18). The first-order valence-electron chi connectivity index (χ1n) is 6.55. The van der Waals surface area contributed by atoms with Gasteiger partial charge in [0.25, 0.3) is 0 Å². The second-order valence-electron chi connectivity index (χ2n) is 5.12. The van der Waals surface area contributed by atoms with Crippen molar-refractivity contribution in [3.63, 3.8) is 0 Å². The van der Waals surface area contributed by atoms with Crippen LogP contribution in [0.3, 0.4) is 0 Å². The zero-order valence-corrected chi connectivity index (χ0v) is 13.4. The number of halogens is 1. The van der Waals surface area contributed by atoms with E-state index in [1.54, 1.807) is 11.3 Å². The fourth-order valence-corrected chi connectivity index (χ4v) is 4.48. The molecule has 1 aliphatic heterocycles. The number of hydrogen-bond acceptors (Lipinski definition) is 4. The largest absolute Gasteiger partial charge is 0.368 e. The van der Waals surface area contributed by atoms with Crippen LogP contribution in [0.25, 0.3) is 0 Å². The van der Waals surface area contributed by atoms with Gasteiger partial charge >= 0.3 is 0 Å². The molecular formula is C13H20BrN3OS. The minimum atomic E-state index is -0.235. The van der Waals surface area contributed by atoms with Gasteiger partial charge in [0.1, 0.15) is 0 Å². The molecule has 0 aromatic carbocycles. The molecule has 0 aliphatic carbocycles. The minimum Gasteiger partial charge on any atom is -0.368 e. The third-order valence-corrected chi connectivity index (χ3v) is 5.37. The van der Waals surface area contributed by atoms with E-state index in [0.29, 0.717) is 0 Å². The number of thiophene rings is 1. The van der Waals surface area contributed by atoms with Crippen molar-refractivity contribution < 1.29 is 4.79 Å². The monoisotopic (exact) mass is 345 g/mol. The SMILES string of the molecule is CC(N)C(c1cc(Br)cs1)N1CCCCC1C(N)=O. The highest BCUT2D eigenvalue weighted by atomic mass is 79.9. The smallest absolute Gasteiger partial charge is 0.234 e. The summed E-state index contributed by atoms with van der Waals surface area (Å²) in [5.74, 6) is -0.235. The maximum Gasteiger partial charge on any atom is 0.234 e.